The zero-order chi connectivity index (χ0) is 15.2. The van der Waals surface area contributed by atoms with Gasteiger partial charge in [0.25, 0.3) is 10.0 Å². The molecule has 0 amide bonds. The molecule has 0 aromatic heterocycles. The zero-order valence-corrected chi connectivity index (χ0v) is 12.9. The lowest BCUT2D eigenvalue weighted by Gasteiger charge is -2.21. The maximum absolute atomic E-state index is 13.0. The first kappa shape index (κ1) is 13.9. The molecule has 0 radical (unpaired) electrons. The molecule has 0 saturated heterocycles. The van der Waals surface area contributed by atoms with E-state index < -0.39 is 10.0 Å². The number of nitrogen functional groups attached to an aromatic ring is 1. The Morgan fingerprint density at radius 1 is 1.14 bits per heavy atom. The topological polar surface area (TPSA) is 63.4 Å². The molecule has 1 heterocycles. The molecule has 2 aromatic rings. The van der Waals surface area contributed by atoms with Gasteiger partial charge in [0.05, 0.1) is 10.6 Å². The summed E-state index contributed by atoms with van der Waals surface area (Å²) in [6, 6.07) is 10.9. The number of sulfonamides is 1. The largest absolute Gasteiger partial charge is 0.398 e. The van der Waals surface area contributed by atoms with Gasteiger partial charge in [-0.15, -0.1) is 0 Å². The summed E-state index contributed by atoms with van der Waals surface area (Å²) in [5, 5.41) is 0. The van der Waals surface area contributed by atoms with Crippen molar-refractivity contribution in [2.24, 2.45) is 0 Å². The molecule has 1 aliphatic rings. The number of anilines is 2. The number of hydrogen-bond donors (Lipinski definition) is 1. The summed E-state index contributed by atoms with van der Waals surface area (Å²) < 4.78 is 27.4. The molecule has 110 valence electrons. The van der Waals surface area contributed by atoms with Gasteiger partial charge < -0.3 is 5.73 Å². The molecule has 0 atom stereocenters. The number of benzene rings is 2. The van der Waals surface area contributed by atoms with Crippen LogP contribution in [-0.2, 0) is 16.4 Å². The number of rotatable bonds is 2. The average Bonchev–Trinajstić information content (AvgIpc) is 2.87. The van der Waals surface area contributed by atoms with Crippen LogP contribution >= 0.6 is 0 Å². The van der Waals surface area contributed by atoms with Crippen LogP contribution in [0.4, 0.5) is 11.4 Å². The smallest absolute Gasteiger partial charge is 0.264 e. The molecule has 0 bridgehead atoms. The summed E-state index contributed by atoms with van der Waals surface area (Å²) in [6.45, 7) is 4.16. The molecule has 3 rings (SSSR count). The van der Waals surface area contributed by atoms with Gasteiger partial charge in [-0.2, -0.15) is 0 Å². The summed E-state index contributed by atoms with van der Waals surface area (Å²) in [5.41, 5.74) is 9.93. The third kappa shape index (κ3) is 2.17. The van der Waals surface area contributed by atoms with Crippen LogP contribution in [0, 0.1) is 13.8 Å². The molecular formula is C16H18N2O2S. The molecule has 21 heavy (non-hydrogen) atoms. The van der Waals surface area contributed by atoms with Crippen LogP contribution in [-0.4, -0.2) is 15.0 Å². The minimum atomic E-state index is -3.54. The number of nitrogens with zero attached hydrogens (tertiary/aromatic N) is 1. The first-order chi connectivity index (χ1) is 9.91. The highest BCUT2D eigenvalue weighted by molar-refractivity contribution is 7.93. The Balaban J connectivity index is 2.14. The lowest BCUT2D eigenvalue weighted by atomic mass is 10.1. The molecule has 2 aromatic carbocycles. The van der Waals surface area contributed by atoms with Crippen LogP contribution in [0.2, 0.25) is 0 Å². The maximum atomic E-state index is 13.0. The summed E-state index contributed by atoms with van der Waals surface area (Å²) in [4.78, 5) is 0.373. The third-order valence-electron chi connectivity index (χ3n) is 3.93. The average molecular weight is 302 g/mol. The van der Waals surface area contributed by atoms with Crippen LogP contribution in [0.5, 0.6) is 0 Å². The Labute approximate surface area is 125 Å². The molecule has 0 aliphatic carbocycles. The Morgan fingerprint density at radius 3 is 2.67 bits per heavy atom. The second-order valence-corrected chi connectivity index (χ2v) is 7.27. The van der Waals surface area contributed by atoms with E-state index in [0.717, 1.165) is 16.7 Å². The van der Waals surface area contributed by atoms with Gasteiger partial charge in [0.15, 0.2) is 0 Å². The van der Waals surface area contributed by atoms with Gasteiger partial charge in [-0.3, -0.25) is 4.31 Å². The van der Waals surface area contributed by atoms with Crippen molar-refractivity contribution in [2.75, 3.05) is 16.6 Å². The van der Waals surface area contributed by atoms with Crippen molar-refractivity contribution >= 4 is 21.4 Å². The van der Waals surface area contributed by atoms with E-state index in [1.165, 1.54) is 4.31 Å². The fourth-order valence-corrected chi connectivity index (χ4v) is 4.59. The van der Waals surface area contributed by atoms with E-state index in [1.807, 2.05) is 38.1 Å². The number of hydrogen-bond acceptors (Lipinski definition) is 3. The Hall–Kier alpha value is -2.01. The van der Waals surface area contributed by atoms with Crippen molar-refractivity contribution in [2.45, 2.75) is 25.2 Å². The second kappa shape index (κ2) is 4.77. The van der Waals surface area contributed by atoms with Gasteiger partial charge >= 0.3 is 0 Å². The van der Waals surface area contributed by atoms with Gasteiger partial charge in [0.1, 0.15) is 0 Å². The predicted octanol–water partition coefficient (Wildman–Crippen LogP) is 2.64. The van der Waals surface area contributed by atoms with E-state index >= 15 is 0 Å². The lowest BCUT2D eigenvalue weighted by molar-refractivity contribution is 0.591. The van der Waals surface area contributed by atoms with E-state index in [4.69, 9.17) is 5.73 Å². The van der Waals surface area contributed by atoms with E-state index in [-0.39, 0.29) is 0 Å². The summed E-state index contributed by atoms with van der Waals surface area (Å²) in [6.07, 6.45) is 0.659. The molecule has 0 spiro atoms. The SMILES string of the molecule is Cc1ccc(C)c(S(=O)(=O)N2CCc3c(N)cccc32)c1. The Kier molecular flexibility index (Phi) is 3.17. The van der Waals surface area contributed by atoms with Crippen molar-refractivity contribution in [1.82, 2.24) is 0 Å². The van der Waals surface area contributed by atoms with E-state index in [2.05, 4.69) is 0 Å². The lowest BCUT2D eigenvalue weighted by Crippen LogP contribution is -2.29. The molecule has 0 saturated carbocycles. The second-order valence-electron chi connectivity index (χ2n) is 5.44. The molecular weight excluding hydrogens is 284 g/mol. The van der Waals surface area contributed by atoms with Crippen LogP contribution in [0.3, 0.4) is 0 Å². The van der Waals surface area contributed by atoms with Crippen LogP contribution in [0.25, 0.3) is 0 Å². The van der Waals surface area contributed by atoms with E-state index in [9.17, 15) is 8.42 Å². The molecule has 5 heteroatoms. The quantitative estimate of drug-likeness (QED) is 0.867. The molecule has 0 unspecified atom stereocenters. The first-order valence-corrected chi connectivity index (χ1v) is 8.32. The van der Waals surface area contributed by atoms with Gasteiger partial charge in [-0.25, -0.2) is 8.42 Å². The number of nitrogens with two attached hydrogens (primary N) is 1. The normalized spacial score (nSPS) is 14.3. The minimum absolute atomic E-state index is 0.373. The summed E-state index contributed by atoms with van der Waals surface area (Å²) in [7, 11) is -3.54. The van der Waals surface area contributed by atoms with Crippen molar-refractivity contribution < 1.29 is 8.42 Å². The summed E-state index contributed by atoms with van der Waals surface area (Å²) in [5.74, 6) is 0. The third-order valence-corrected chi connectivity index (χ3v) is 5.89. The summed E-state index contributed by atoms with van der Waals surface area (Å²) >= 11 is 0. The van der Waals surface area contributed by atoms with Crippen LogP contribution in [0.1, 0.15) is 16.7 Å². The zero-order valence-electron chi connectivity index (χ0n) is 12.1. The van der Waals surface area contributed by atoms with Crippen molar-refractivity contribution in [3.8, 4) is 0 Å². The van der Waals surface area contributed by atoms with Crippen LogP contribution < -0.4 is 10.0 Å². The minimum Gasteiger partial charge on any atom is -0.398 e. The number of aryl methyl sites for hydroxylation is 2. The monoisotopic (exact) mass is 302 g/mol. The van der Waals surface area contributed by atoms with Gasteiger partial charge in [0, 0.05) is 17.8 Å². The number of fused-ring (bicyclic) bond motifs is 1. The Bertz CT molecular complexity index is 813. The highest BCUT2D eigenvalue weighted by Gasteiger charge is 2.32. The van der Waals surface area contributed by atoms with Crippen LogP contribution in [0.15, 0.2) is 41.3 Å². The molecule has 2 N–H and O–H groups in total. The van der Waals surface area contributed by atoms with Crippen molar-refractivity contribution in [3.63, 3.8) is 0 Å². The van der Waals surface area contributed by atoms with Crippen molar-refractivity contribution in [1.29, 1.82) is 0 Å². The predicted molar refractivity (Wildman–Crippen MR) is 85.0 cm³/mol. The Morgan fingerprint density at radius 2 is 1.90 bits per heavy atom. The fraction of sp³-hybridized carbons (Fsp3) is 0.250. The molecule has 0 fully saturated rings. The van der Waals surface area contributed by atoms with Gasteiger partial charge in [-0.1, -0.05) is 18.2 Å². The maximum Gasteiger partial charge on any atom is 0.264 e. The molecule has 1 aliphatic heterocycles. The standard InChI is InChI=1S/C16H18N2O2S/c1-11-6-7-12(2)16(10-11)21(19,20)18-9-8-13-14(17)4-3-5-15(13)18/h3-7,10H,8-9,17H2,1-2H3. The molecule has 4 nitrogen and oxygen atoms in total. The van der Waals surface area contributed by atoms with E-state index in [1.54, 1.807) is 12.1 Å². The fourth-order valence-electron chi connectivity index (χ4n) is 2.79. The highest BCUT2D eigenvalue weighted by atomic mass is 32.2. The van der Waals surface area contributed by atoms with Gasteiger partial charge in [-0.05, 0) is 49.6 Å². The van der Waals surface area contributed by atoms with E-state index in [0.29, 0.717) is 29.2 Å². The first-order valence-electron chi connectivity index (χ1n) is 6.88. The highest BCUT2D eigenvalue weighted by Crippen LogP contribution is 2.36. The van der Waals surface area contributed by atoms with Crippen molar-refractivity contribution in [3.05, 3.63) is 53.1 Å². The van der Waals surface area contributed by atoms with Gasteiger partial charge in [0.2, 0.25) is 0 Å².